The van der Waals surface area contributed by atoms with Crippen LogP contribution in [0.1, 0.15) is 20.8 Å². The van der Waals surface area contributed by atoms with Crippen LogP contribution in [0.5, 0.6) is 0 Å². The molecule has 0 saturated carbocycles. The third kappa shape index (κ3) is 2.77. The molecule has 1 aromatic carbocycles. The molecular weight excluding hydrogens is 334 g/mol. The SMILES string of the molecule is CC(C)(C)NS(=O)(=O)c1ccc(Br)c2ccsc12. The third-order valence-corrected chi connectivity index (χ3v) is 5.83. The molecule has 0 radical (unpaired) electrons. The summed E-state index contributed by atoms with van der Waals surface area (Å²) in [6, 6.07) is 5.32. The van der Waals surface area contributed by atoms with Gasteiger partial charge in [0.15, 0.2) is 0 Å². The fourth-order valence-corrected chi connectivity index (χ4v) is 5.09. The van der Waals surface area contributed by atoms with Gasteiger partial charge in [0.2, 0.25) is 10.0 Å². The molecule has 3 nitrogen and oxygen atoms in total. The second kappa shape index (κ2) is 4.59. The van der Waals surface area contributed by atoms with Gasteiger partial charge in [-0.2, -0.15) is 0 Å². The highest BCUT2D eigenvalue weighted by atomic mass is 79.9. The Morgan fingerprint density at radius 2 is 1.89 bits per heavy atom. The van der Waals surface area contributed by atoms with Gasteiger partial charge in [-0.3, -0.25) is 0 Å². The fraction of sp³-hybridized carbons (Fsp3) is 0.333. The lowest BCUT2D eigenvalue weighted by Gasteiger charge is -2.20. The van der Waals surface area contributed by atoms with Gasteiger partial charge in [0.1, 0.15) is 0 Å². The first kappa shape index (κ1) is 14.0. The molecule has 1 heterocycles. The maximum Gasteiger partial charge on any atom is 0.242 e. The van der Waals surface area contributed by atoms with E-state index in [1.54, 1.807) is 12.1 Å². The van der Waals surface area contributed by atoms with Crippen molar-refractivity contribution >= 4 is 47.4 Å². The smallest absolute Gasteiger partial charge is 0.207 e. The molecule has 2 rings (SSSR count). The summed E-state index contributed by atoms with van der Waals surface area (Å²) in [6.45, 7) is 5.49. The molecule has 0 saturated heterocycles. The predicted molar refractivity (Wildman–Crippen MR) is 79.6 cm³/mol. The zero-order valence-electron chi connectivity index (χ0n) is 10.3. The molecule has 2 aromatic rings. The Labute approximate surface area is 119 Å². The average molecular weight is 348 g/mol. The van der Waals surface area contributed by atoms with E-state index in [1.807, 2.05) is 32.2 Å². The molecule has 1 N–H and O–H groups in total. The Hall–Kier alpha value is -0.430. The largest absolute Gasteiger partial charge is 0.242 e. The molecule has 0 atom stereocenters. The van der Waals surface area contributed by atoms with Crippen molar-refractivity contribution in [3.63, 3.8) is 0 Å². The summed E-state index contributed by atoms with van der Waals surface area (Å²) in [5.41, 5.74) is -0.491. The number of benzene rings is 1. The zero-order chi connectivity index (χ0) is 13.6. The topological polar surface area (TPSA) is 46.2 Å². The summed E-state index contributed by atoms with van der Waals surface area (Å²) in [4.78, 5) is 0.339. The maximum absolute atomic E-state index is 12.4. The van der Waals surface area contributed by atoms with Crippen LogP contribution >= 0.6 is 27.3 Å². The van der Waals surface area contributed by atoms with Crippen LogP contribution in [-0.2, 0) is 10.0 Å². The first-order valence-corrected chi connectivity index (χ1v) is 8.56. The van der Waals surface area contributed by atoms with Gasteiger partial charge >= 0.3 is 0 Å². The minimum absolute atomic E-state index is 0.339. The minimum atomic E-state index is -3.49. The van der Waals surface area contributed by atoms with Gasteiger partial charge in [-0.1, -0.05) is 15.9 Å². The van der Waals surface area contributed by atoms with Gasteiger partial charge in [-0.15, -0.1) is 11.3 Å². The van der Waals surface area contributed by atoms with Crippen molar-refractivity contribution in [1.82, 2.24) is 4.72 Å². The molecule has 98 valence electrons. The molecule has 0 fully saturated rings. The number of hydrogen-bond acceptors (Lipinski definition) is 3. The first-order valence-electron chi connectivity index (χ1n) is 5.40. The molecular formula is C12H14BrNO2S2. The van der Waals surface area contributed by atoms with E-state index < -0.39 is 15.6 Å². The molecule has 0 aliphatic carbocycles. The van der Waals surface area contributed by atoms with Crippen molar-refractivity contribution < 1.29 is 8.42 Å². The standard InChI is InChI=1S/C12H14BrNO2S2/c1-12(2,3)14-18(15,16)10-5-4-9(13)8-6-7-17-11(8)10/h4-7,14H,1-3H3. The van der Waals surface area contributed by atoms with Crippen LogP contribution < -0.4 is 4.72 Å². The number of hydrogen-bond donors (Lipinski definition) is 1. The van der Waals surface area contributed by atoms with E-state index in [2.05, 4.69) is 20.7 Å². The highest BCUT2D eigenvalue weighted by Gasteiger charge is 2.24. The summed E-state index contributed by atoms with van der Waals surface area (Å²) in [5, 5.41) is 2.82. The lowest BCUT2D eigenvalue weighted by molar-refractivity contribution is 0.492. The van der Waals surface area contributed by atoms with Crippen LogP contribution in [0.15, 0.2) is 32.9 Å². The van der Waals surface area contributed by atoms with E-state index in [0.29, 0.717) is 4.90 Å². The second-order valence-corrected chi connectivity index (χ2v) is 8.49. The van der Waals surface area contributed by atoms with Crippen LogP contribution in [0.3, 0.4) is 0 Å². The summed E-state index contributed by atoms with van der Waals surface area (Å²) in [6.07, 6.45) is 0. The van der Waals surface area contributed by atoms with Crippen LogP contribution in [-0.4, -0.2) is 14.0 Å². The molecule has 0 unspecified atom stereocenters. The van der Waals surface area contributed by atoms with Gasteiger partial charge in [-0.05, 0) is 44.4 Å². The van der Waals surface area contributed by atoms with E-state index in [1.165, 1.54) is 11.3 Å². The lowest BCUT2D eigenvalue weighted by Crippen LogP contribution is -2.40. The Balaban J connectivity index is 2.62. The van der Waals surface area contributed by atoms with E-state index in [0.717, 1.165) is 14.6 Å². The maximum atomic E-state index is 12.4. The summed E-state index contributed by atoms with van der Waals surface area (Å²) in [7, 11) is -3.49. The molecule has 0 aliphatic rings. The second-order valence-electron chi connectivity index (χ2n) is 5.06. The Bertz CT molecular complexity index is 684. The quantitative estimate of drug-likeness (QED) is 0.899. The number of halogens is 1. The van der Waals surface area contributed by atoms with Gasteiger partial charge in [0, 0.05) is 15.4 Å². The summed E-state index contributed by atoms with van der Waals surface area (Å²) < 4.78 is 29.1. The number of rotatable bonds is 2. The van der Waals surface area contributed by atoms with E-state index >= 15 is 0 Å². The molecule has 0 spiro atoms. The summed E-state index contributed by atoms with van der Waals surface area (Å²) in [5.74, 6) is 0. The number of sulfonamides is 1. The van der Waals surface area contributed by atoms with Crippen molar-refractivity contribution in [3.8, 4) is 0 Å². The van der Waals surface area contributed by atoms with Crippen molar-refractivity contribution in [3.05, 3.63) is 28.1 Å². The van der Waals surface area contributed by atoms with E-state index in [9.17, 15) is 8.42 Å². The number of nitrogens with one attached hydrogen (secondary N) is 1. The van der Waals surface area contributed by atoms with E-state index in [4.69, 9.17) is 0 Å². The highest BCUT2D eigenvalue weighted by molar-refractivity contribution is 9.10. The van der Waals surface area contributed by atoms with Crippen LogP contribution in [0.4, 0.5) is 0 Å². The molecule has 0 amide bonds. The minimum Gasteiger partial charge on any atom is -0.207 e. The van der Waals surface area contributed by atoms with Crippen LogP contribution in [0, 0.1) is 0 Å². The van der Waals surface area contributed by atoms with Crippen LogP contribution in [0.2, 0.25) is 0 Å². The first-order chi connectivity index (χ1) is 8.21. The lowest BCUT2D eigenvalue weighted by atomic mass is 10.1. The Morgan fingerprint density at radius 1 is 1.22 bits per heavy atom. The number of thiophene rings is 1. The molecule has 0 bridgehead atoms. The normalized spacial score (nSPS) is 13.1. The van der Waals surface area contributed by atoms with Gasteiger partial charge in [0.25, 0.3) is 0 Å². The van der Waals surface area contributed by atoms with Crippen molar-refractivity contribution in [1.29, 1.82) is 0 Å². The van der Waals surface area contributed by atoms with Gasteiger partial charge in [0.05, 0.1) is 9.60 Å². The molecule has 1 aromatic heterocycles. The third-order valence-electron chi connectivity index (χ3n) is 2.26. The fourth-order valence-electron chi connectivity index (χ4n) is 1.67. The number of fused-ring (bicyclic) bond motifs is 1. The van der Waals surface area contributed by atoms with E-state index in [-0.39, 0.29) is 0 Å². The molecule has 6 heteroatoms. The Morgan fingerprint density at radius 3 is 2.50 bits per heavy atom. The van der Waals surface area contributed by atoms with Gasteiger partial charge in [-0.25, -0.2) is 13.1 Å². The summed E-state index contributed by atoms with van der Waals surface area (Å²) >= 11 is 4.86. The van der Waals surface area contributed by atoms with Crippen molar-refractivity contribution in [2.45, 2.75) is 31.2 Å². The van der Waals surface area contributed by atoms with Crippen molar-refractivity contribution in [2.75, 3.05) is 0 Å². The van der Waals surface area contributed by atoms with Gasteiger partial charge < -0.3 is 0 Å². The Kier molecular flexibility index (Phi) is 3.57. The zero-order valence-corrected chi connectivity index (χ0v) is 13.5. The predicted octanol–water partition coefficient (Wildman–Crippen LogP) is 3.74. The molecule has 0 aliphatic heterocycles. The molecule has 18 heavy (non-hydrogen) atoms. The average Bonchev–Trinajstić information content (AvgIpc) is 2.62. The highest BCUT2D eigenvalue weighted by Crippen LogP contribution is 2.33. The van der Waals surface area contributed by atoms with Crippen molar-refractivity contribution in [2.24, 2.45) is 0 Å². The van der Waals surface area contributed by atoms with Crippen LogP contribution in [0.25, 0.3) is 10.1 Å². The monoisotopic (exact) mass is 347 g/mol.